The number of hydrogen-bond donors (Lipinski definition) is 0. The van der Waals surface area contributed by atoms with Crippen LogP contribution in [0.5, 0.6) is 5.75 Å². The Morgan fingerprint density at radius 1 is 0.921 bits per heavy atom. The quantitative estimate of drug-likeness (QED) is 0.292. The zero-order chi connectivity index (χ0) is 26.3. The van der Waals surface area contributed by atoms with E-state index in [1.807, 2.05) is 54.6 Å². The van der Waals surface area contributed by atoms with Gasteiger partial charge in [-0.25, -0.2) is 0 Å². The summed E-state index contributed by atoms with van der Waals surface area (Å²) in [7, 11) is 1.66. The molecule has 5 rings (SSSR count). The van der Waals surface area contributed by atoms with E-state index in [2.05, 4.69) is 37.8 Å². The van der Waals surface area contributed by atoms with Gasteiger partial charge in [0, 0.05) is 10.5 Å². The number of fused-ring (bicyclic) bond motifs is 1. The lowest BCUT2D eigenvalue weighted by Crippen LogP contribution is -2.62. The van der Waals surface area contributed by atoms with Crippen molar-refractivity contribution in [3.63, 3.8) is 0 Å². The van der Waals surface area contributed by atoms with Gasteiger partial charge >= 0.3 is 0 Å². The summed E-state index contributed by atoms with van der Waals surface area (Å²) >= 11 is 1.63. The predicted molar refractivity (Wildman–Crippen MR) is 147 cm³/mol. The minimum Gasteiger partial charge on any atom is -0.497 e. The lowest BCUT2D eigenvalue weighted by atomic mass is 9.98. The molecule has 0 amide bonds. The van der Waals surface area contributed by atoms with Gasteiger partial charge < -0.3 is 28.4 Å². The van der Waals surface area contributed by atoms with Crippen molar-refractivity contribution in [3.05, 3.63) is 108 Å². The Morgan fingerprint density at radius 3 is 2.39 bits per heavy atom. The van der Waals surface area contributed by atoms with E-state index in [0.29, 0.717) is 19.8 Å². The van der Waals surface area contributed by atoms with Crippen LogP contribution in [-0.2, 0) is 30.3 Å². The SMILES string of the molecule is C=CCO[C@@H]1[C@H](OCc2ccc(OC)cc2)[C@@H](Sc2ccc(C)cc2)O[C@@H]2COC(c3ccccc3)O[C@@H]12. The molecule has 0 bridgehead atoms. The Hall–Kier alpha value is -2.65. The topological polar surface area (TPSA) is 55.4 Å². The zero-order valence-corrected chi connectivity index (χ0v) is 22.5. The number of aryl methyl sites for hydroxylation is 1. The summed E-state index contributed by atoms with van der Waals surface area (Å²) in [6.07, 6.45) is -0.207. The molecule has 1 unspecified atom stereocenters. The molecule has 2 aliphatic rings. The van der Waals surface area contributed by atoms with Crippen molar-refractivity contribution in [2.24, 2.45) is 0 Å². The second-order valence-corrected chi connectivity index (χ2v) is 10.5. The van der Waals surface area contributed by atoms with Crippen LogP contribution in [0.2, 0.25) is 0 Å². The van der Waals surface area contributed by atoms with Crippen molar-refractivity contribution in [3.8, 4) is 5.75 Å². The molecule has 0 N–H and O–H groups in total. The van der Waals surface area contributed by atoms with Gasteiger partial charge in [-0.05, 0) is 36.8 Å². The van der Waals surface area contributed by atoms with Crippen molar-refractivity contribution in [2.45, 2.75) is 54.6 Å². The molecule has 0 saturated carbocycles. The summed E-state index contributed by atoms with van der Waals surface area (Å²) < 4.78 is 37.5. The van der Waals surface area contributed by atoms with E-state index in [0.717, 1.165) is 21.8 Å². The van der Waals surface area contributed by atoms with Crippen LogP contribution >= 0.6 is 11.8 Å². The number of methoxy groups -OCH3 is 1. The first-order valence-electron chi connectivity index (χ1n) is 12.8. The standard InChI is InChI=1S/C31H34O6S/c1-4-18-33-28-27-26(20-35-30(37-27)23-8-6-5-7-9-23)36-31(38-25-16-10-21(2)11-17-25)29(28)34-19-22-12-14-24(32-3)15-13-22/h4-17,26-31H,1,18-20H2,2-3H3/t26-,27-,28+,29+,30?,31-/m1/s1. The van der Waals surface area contributed by atoms with Crippen molar-refractivity contribution in [1.82, 2.24) is 0 Å². The predicted octanol–water partition coefficient (Wildman–Crippen LogP) is 6.09. The van der Waals surface area contributed by atoms with E-state index < -0.39 is 12.4 Å². The molecule has 3 aromatic rings. The maximum absolute atomic E-state index is 6.62. The third-order valence-corrected chi connectivity index (χ3v) is 7.79. The Bertz CT molecular complexity index is 1150. The highest BCUT2D eigenvalue weighted by Crippen LogP contribution is 2.41. The third kappa shape index (κ3) is 6.49. The highest BCUT2D eigenvalue weighted by Gasteiger charge is 2.51. The third-order valence-electron chi connectivity index (χ3n) is 6.64. The summed E-state index contributed by atoms with van der Waals surface area (Å²) in [6, 6.07) is 26.2. The van der Waals surface area contributed by atoms with Crippen LogP contribution in [0.1, 0.15) is 23.0 Å². The van der Waals surface area contributed by atoms with Gasteiger partial charge in [-0.2, -0.15) is 0 Å². The Kier molecular flexibility index (Phi) is 9.17. The molecule has 0 spiro atoms. The van der Waals surface area contributed by atoms with Crippen molar-refractivity contribution in [2.75, 3.05) is 20.3 Å². The van der Waals surface area contributed by atoms with Gasteiger partial charge in [-0.1, -0.05) is 78.0 Å². The smallest absolute Gasteiger partial charge is 0.184 e. The molecule has 200 valence electrons. The molecule has 3 aromatic carbocycles. The van der Waals surface area contributed by atoms with Gasteiger partial charge in [0.2, 0.25) is 0 Å². The van der Waals surface area contributed by atoms with Crippen LogP contribution in [0.3, 0.4) is 0 Å². The second-order valence-electron chi connectivity index (χ2n) is 9.36. The Morgan fingerprint density at radius 2 is 1.68 bits per heavy atom. The van der Waals surface area contributed by atoms with E-state index in [1.54, 1.807) is 24.9 Å². The van der Waals surface area contributed by atoms with Crippen molar-refractivity contribution >= 4 is 11.8 Å². The first kappa shape index (κ1) is 26.9. The summed E-state index contributed by atoms with van der Waals surface area (Å²) in [5.74, 6) is 0.806. The molecule has 2 saturated heterocycles. The molecular formula is C31H34O6S. The Labute approximate surface area is 228 Å². The van der Waals surface area contributed by atoms with Gasteiger partial charge in [0.15, 0.2) is 6.29 Å². The maximum Gasteiger partial charge on any atom is 0.184 e. The minimum absolute atomic E-state index is 0.298. The molecule has 2 aliphatic heterocycles. The molecule has 2 fully saturated rings. The molecule has 0 aliphatic carbocycles. The van der Waals surface area contributed by atoms with Gasteiger partial charge in [-0.3, -0.25) is 0 Å². The summed E-state index contributed by atoms with van der Waals surface area (Å²) in [6.45, 7) is 7.11. The van der Waals surface area contributed by atoms with Crippen LogP contribution < -0.4 is 4.74 Å². The highest BCUT2D eigenvalue weighted by atomic mass is 32.2. The Balaban J connectivity index is 1.41. The number of ether oxygens (including phenoxy) is 6. The van der Waals surface area contributed by atoms with Gasteiger partial charge in [0.05, 0.1) is 26.9 Å². The van der Waals surface area contributed by atoms with Crippen LogP contribution in [0.4, 0.5) is 0 Å². The molecule has 2 heterocycles. The summed E-state index contributed by atoms with van der Waals surface area (Å²) in [5, 5.41) is 0. The van der Waals surface area contributed by atoms with Crippen LogP contribution in [0.15, 0.2) is 96.4 Å². The molecule has 0 aromatic heterocycles. The number of rotatable bonds is 10. The monoisotopic (exact) mass is 534 g/mol. The molecule has 7 heteroatoms. The van der Waals surface area contributed by atoms with Crippen molar-refractivity contribution < 1.29 is 28.4 Å². The normalized spacial score (nSPS) is 26.9. The van der Waals surface area contributed by atoms with E-state index in [9.17, 15) is 0 Å². The molecule has 0 radical (unpaired) electrons. The zero-order valence-electron chi connectivity index (χ0n) is 21.7. The lowest BCUT2D eigenvalue weighted by molar-refractivity contribution is -0.327. The van der Waals surface area contributed by atoms with Gasteiger partial charge in [0.1, 0.15) is 35.6 Å². The van der Waals surface area contributed by atoms with Crippen molar-refractivity contribution in [1.29, 1.82) is 0 Å². The number of hydrogen-bond acceptors (Lipinski definition) is 7. The molecule has 6 nitrogen and oxygen atoms in total. The molecular weight excluding hydrogens is 500 g/mol. The van der Waals surface area contributed by atoms with E-state index in [4.69, 9.17) is 28.4 Å². The van der Waals surface area contributed by atoms with Gasteiger partial charge in [0.25, 0.3) is 0 Å². The van der Waals surface area contributed by atoms with E-state index in [1.165, 1.54) is 5.56 Å². The van der Waals surface area contributed by atoms with Crippen LogP contribution in [-0.4, -0.2) is 50.2 Å². The molecule has 6 atom stereocenters. The van der Waals surface area contributed by atoms with E-state index in [-0.39, 0.29) is 23.7 Å². The van der Waals surface area contributed by atoms with E-state index >= 15 is 0 Å². The average Bonchev–Trinajstić information content (AvgIpc) is 2.97. The number of thioether (sulfide) groups is 1. The molecule has 38 heavy (non-hydrogen) atoms. The van der Waals surface area contributed by atoms with Crippen LogP contribution in [0, 0.1) is 6.92 Å². The highest BCUT2D eigenvalue weighted by molar-refractivity contribution is 7.99. The van der Waals surface area contributed by atoms with Crippen LogP contribution in [0.25, 0.3) is 0 Å². The first-order valence-corrected chi connectivity index (χ1v) is 13.7. The minimum atomic E-state index is -0.501. The fraction of sp³-hybridized carbons (Fsp3) is 0.355. The fourth-order valence-electron chi connectivity index (χ4n) is 4.63. The number of benzene rings is 3. The second kappa shape index (κ2) is 12.9. The first-order chi connectivity index (χ1) is 18.6. The average molecular weight is 535 g/mol. The summed E-state index contributed by atoms with van der Waals surface area (Å²) in [4.78, 5) is 1.10. The maximum atomic E-state index is 6.62. The fourth-order valence-corrected chi connectivity index (χ4v) is 5.76. The lowest BCUT2D eigenvalue weighted by Gasteiger charge is -2.49. The largest absolute Gasteiger partial charge is 0.497 e. The summed E-state index contributed by atoms with van der Waals surface area (Å²) in [5.41, 5.74) is 2.87. The van der Waals surface area contributed by atoms with Gasteiger partial charge in [-0.15, -0.1) is 6.58 Å².